The summed E-state index contributed by atoms with van der Waals surface area (Å²) in [6.07, 6.45) is 0.631. The summed E-state index contributed by atoms with van der Waals surface area (Å²) in [7, 11) is 0. The average Bonchev–Trinajstić information content (AvgIpc) is 2.11. The highest BCUT2D eigenvalue weighted by Crippen LogP contribution is 2.15. The highest BCUT2D eigenvalue weighted by molar-refractivity contribution is 7.99. The van der Waals surface area contributed by atoms with Crippen molar-refractivity contribution in [3.8, 4) is 0 Å². The molecule has 0 aliphatic carbocycles. The van der Waals surface area contributed by atoms with E-state index in [1.54, 1.807) is 0 Å². The lowest BCUT2D eigenvalue weighted by Gasteiger charge is -2.13. The van der Waals surface area contributed by atoms with Crippen LogP contribution in [0.1, 0.15) is 6.92 Å². The van der Waals surface area contributed by atoms with Gasteiger partial charge >= 0.3 is 6.09 Å². The first kappa shape index (κ1) is 12.6. The molecule has 0 rings (SSSR count). The zero-order chi connectivity index (χ0) is 10.4. The van der Waals surface area contributed by atoms with Gasteiger partial charge in [-0.3, -0.25) is 4.79 Å². The van der Waals surface area contributed by atoms with E-state index >= 15 is 0 Å². The maximum Gasteiger partial charge on any atom is 0.405 e. The molecule has 2 N–H and O–H groups in total. The number of nitrogens with one attached hydrogen (secondary N) is 1. The number of alkyl halides is 1. The van der Waals surface area contributed by atoms with E-state index in [0.717, 1.165) is 0 Å². The molecular weight excluding hydrogens is 214 g/mol. The van der Waals surface area contributed by atoms with Crippen LogP contribution >= 0.6 is 23.4 Å². The molecule has 76 valence electrons. The number of carbonyl (C=O) groups is 2. The van der Waals surface area contributed by atoms with Gasteiger partial charge in [0.2, 0.25) is 0 Å². The molecule has 6 heteroatoms. The molecule has 0 aliphatic heterocycles. The van der Waals surface area contributed by atoms with Crippen LogP contribution in [0.5, 0.6) is 0 Å². The third-order valence-electron chi connectivity index (χ3n) is 1.51. The summed E-state index contributed by atoms with van der Waals surface area (Å²) in [4.78, 5) is 21.2. The predicted molar refractivity (Wildman–Crippen MR) is 53.7 cm³/mol. The van der Waals surface area contributed by atoms with Crippen LogP contribution in [0.15, 0.2) is 0 Å². The quantitative estimate of drug-likeness (QED) is 0.690. The van der Waals surface area contributed by atoms with Gasteiger partial charge < -0.3 is 10.4 Å². The van der Waals surface area contributed by atoms with E-state index in [2.05, 4.69) is 0 Å². The second-order valence-electron chi connectivity index (χ2n) is 2.47. The minimum absolute atomic E-state index is 0.00948. The van der Waals surface area contributed by atoms with Gasteiger partial charge in [-0.25, -0.2) is 4.79 Å². The second kappa shape index (κ2) is 6.10. The highest BCUT2D eigenvalue weighted by Gasteiger charge is 2.21. The van der Waals surface area contributed by atoms with Gasteiger partial charge in [-0.2, -0.15) is 11.8 Å². The lowest BCUT2D eigenvalue weighted by Crippen LogP contribution is -2.35. The van der Waals surface area contributed by atoms with Crippen molar-refractivity contribution in [3.63, 3.8) is 0 Å². The molecule has 0 bridgehead atoms. The van der Waals surface area contributed by atoms with Crippen LogP contribution in [-0.4, -0.2) is 40.4 Å². The third kappa shape index (κ3) is 5.00. The van der Waals surface area contributed by atoms with Crippen molar-refractivity contribution in [2.45, 2.75) is 17.6 Å². The molecule has 0 aromatic heterocycles. The lowest BCUT2D eigenvalue weighted by atomic mass is 10.2. The molecule has 0 fully saturated rings. The van der Waals surface area contributed by atoms with E-state index < -0.39 is 11.5 Å². The number of Topliss-reactive ketones (excluding diaryl/α,β-unsaturated/α-hetero) is 1. The van der Waals surface area contributed by atoms with Crippen LogP contribution in [0.4, 0.5) is 4.79 Å². The Hall–Kier alpha value is -0.420. The molecule has 4 nitrogen and oxygen atoms in total. The van der Waals surface area contributed by atoms with Gasteiger partial charge in [0.05, 0.1) is 6.54 Å². The zero-order valence-corrected chi connectivity index (χ0v) is 8.98. The minimum Gasteiger partial charge on any atom is -0.465 e. The van der Waals surface area contributed by atoms with Gasteiger partial charge in [-0.1, -0.05) is 6.92 Å². The standard InChI is InChI=1S/C7H12ClNO3S/c1-4(13-2)6(8)5(10)3-9-7(11)12/h4,6,9H,3H2,1-2H3,(H,11,12)/t4?,6-/m1/s1. The third-order valence-corrected chi connectivity index (χ3v) is 3.29. The number of hydrogen-bond acceptors (Lipinski definition) is 3. The smallest absolute Gasteiger partial charge is 0.405 e. The molecular formula is C7H12ClNO3S. The number of carbonyl (C=O) groups excluding carboxylic acids is 1. The molecule has 13 heavy (non-hydrogen) atoms. The van der Waals surface area contributed by atoms with Crippen LogP contribution in [0.25, 0.3) is 0 Å². The molecule has 0 saturated carbocycles. The molecule has 0 aliphatic rings. The van der Waals surface area contributed by atoms with E-state index in [9.17, 15) is 9.59 Å². The van der Waals surface area contributed by atoms with E-state index in [-0.39, 0.29) is 17.6 Å². The van der Waals surface area contributed by atoms with Gasteiger partial charge in [0.15, 0.2) is 5.78 Å². The Kier molecular flexibility index (Phi) is 5.90. The molecule has 0 spiro atoms. The first-order valence-electron chi connectivity index (χ1n) is 3.65. The minimum atomic E-state index is -1.21. The van der Waals surface area contributed by atoms with Gasteiger partial charge in [-0.05, 0) is 6.26 Å². The van der Waals surface area contributed by atoms with E-state index in [1.807, 2.05) is 18.5 Å². The average molecular weight is 226 g/mol. The van der Waals surface area contributed by atoms with Crippen molar-refractivity contribution >= 4 is 35.2 Å². The summed E-state index contributed by atoms with van der Waals surface area (Å²) in [6.45, 7) is 1.59. The summed E-state index contributed by atoms with van der Waals surface area (Å²) in [5, 5.41) is 9.56. The first-order valence-corrected chi connectivity index (χ1v) is 5.37. The Morgan fingerprint density at radius 2 is 2.15 bits per heavy atom. The molecule has 0 heterocycles. The number of hydrogen-bond donors (Lipinski definition) is 2. The molecule has 2 atom stereocenters. The summed E-state index contributed by atoms with van der Waals surface area (Å²) >= 11 is 7.23. The Labute approximate surface area is 86.0 Å². The van der Waals surface area contributed by atoms with Crippen molar-refractivity contribution in [2.75, 3.05) is 12.8 Å². The molecule has 0 aromatic carbocycles. The Balaban J connectivity index is 3.89. The van der Waals surface area contributed by atoms with Crippen LogP contribution in [-0.2, 0) is 4.79 Å². The fraction of sp³-hybridized carbons (Fsp3) is 0.714. The summed E-state index contributed by atoms with van der Waals surface area (Å²) in [5.41, 5.74) is 0. The van der Waals surface area contributed by atoms with Gasteiger partial charge in [0.25, 0.3) is 0 Å². The number of halogens is 1. The summed E-state index contributed by atoms with van der Waals surface area (Å²) in [5.74, 6) is -0.300. The van der Waals surface area contributed by atoms with Gasteiger partial charge in [0.1, 0.15) is 5.38 Å². The molecule has 1 amide bonds. The number of carboxylic acid groups (broad SMARTS) is 1. The number of ketones is 1. The van der Waals surface area contributed by atoms with Crippen LogP contribution in [0, 0.1) is 0 Å². The Bertz CT molecular complexity index is 200. The number of rotatable bonds is 5. The molecule has 1 unspecified atom stereocenters. The van der Waals surface area contributed by atoms with Crippen molar-refractivity contribution in [1.82, 2.24) is 5.32 Å². The molecule has 0 saturated heterocycles. The van der Waals surface area contributed by atoms with Crippen LogP contribution in [0.2, 0.25) is 0 Å². The normalized spacial score (nSPS) is 14.7. The van der Waals surface area contributed by atoms with Gasteiger partial charge in [-0.15, -0.1) is 11.6 Å². The maximum atomic E-state index is 11.2. The zero-order valence-electron chi connectivity index (χ0n) is 7.41. The monoisotopic (exact) mass is 225 g/mol. The largest absolute Gasteiger partial charge is 0.465 e. The van der Waals surface area contributed by atoms with Gasteiger partial charge in [0, 0.05) is 5.25 Å². The maximum absolute atomic E-state index is 11.2. The fourth-order valence-corrected chi connectivity index (χ4v) is 1.42. The van der Waals surface area contributed by atoms with Crippen LogP contribution in [0.3, 0.4) is 0 Å². The van der Waals surface area contributed by atoms with Crippen molar-refractivity contribution in [2.24, 2.45) is 0 Å². The van der Waals surface area contributed by atoms with Crippen molar-refractivity contribution < 1.29 is 14.7 Å². The van der Waals surface area contributed by atoms with E-state index in [1.165, 1.54) is 11.8 Å². The van der Waals surface area contributed by atoms with E-state index in [0.29, 0.717) is 0 Å². The highest BCUT2D eigenvalue weighted by atomic mass is 35.5. The van der Waals surface area contributed by atoms with Crippen molar-refractivity contribution in [1.29, 1.82) is 0 Å². The number of thioether (sulfide) groups is 1. The van der Waals surface area contributed by atoms with E-state index in [4.69, 9.17) is 16.7 Å². The molecule has 0 radical (unpaired) electrons. The fourth-order valence-electron chi connectivity index (χ4n) is 0.641. The van der Waals surface area contributed by atoms with Crippen LogP contribution < -0.4 is 5.32 Å². The topological polar surface area (TPSA) is 66.4 Å². The Morgan fingerprint density at radius 3 is 2.54 bits per heavy atom. The first-order chi connectivity index (χ1) is 5.99. The molecule has 0 aromatic rings. The summed E-state index contributed by atoms with van der Waals surface area (Å²) < 4.78 is 0. The lowest BCUT2D eigenvalue weighted by molar-refractivity contribution is -0.117. The second-order valence-corrected chi connectivity index (χ2v) is 4.15. The number of amides is 1. The Morgan fingerprint density at radius 1 is 1.62 bits per heavy atom. The van der Waals surface area contributed by atoms with Crippen molar-refractivity contribution in [3.05, 3.63) is 0 Å². The SMILES string of the molecule is CSC(C)[C@@H](Cl)C(=O)CNC(=O)O. The predicted octanol–water partition coefficient (Wildman–Crippen LogP) is 1.18. The summed E-state index contributed by atoms with van der Waals surface area (Å²) in [6, 6.07) is 0.